The molecule has 0 aliphatic rings. The molecule has 0 saturated heterocycles. The van der Waals surface area contributed by atoms with Gasteiger partial charge < -0.3 is 5.32 Å². The van der Waals surface area contributed by atoms with Crippen molar-refractivity contribution < 1.29 is 14.2 Å². The van der Waals surface area contributed by atoms with Gasteiger partial charge in [0.2, 0.25) is 6.54 Å². The van der Waals surface area contributed by atoms with Crippen molar-refractivity contribution in [1.82, 2.24) is 0 Å². The van der Waals surface area contributed by atoms with Crippen molar-refractivity contribution in [2.45, 2.75) is 19.9 Å². The second-order valence-electron chi connectivity index (χ2n) is 6.05. The van der Waals surface area contributed by atoms with Gasteiger partial charge in [-0.05, 0) is 24.1 Å². The predicted molar refractivity (Wildman–Crippen MR) is 101 cm³/mol. The molecule has 2 aromatic carbocycles. The molecule has 1 heterocycles. The van der Waals surface area contributed by atoms with Gasteiger partial charge in [0.05, 0.1) is 0 Å². The number of rotatable bonds is 6. The highest BCUT2D eigenvalue weighted by Gasteiger charge is 2.13. The van der Waals surface area contributed by atoms with Gasteiger partial charge in [-0.25, -0.2) is 0 Å². The molecule has 0 fully saturated rings. The molecule has 0 radical (unpaired) electrons. The second kappa shape index (κ2) is 8.21. The summed E-state index contributed by atoms with van der Waals surface area (Å²) in [6.45, 7) is 2.28. The standard InChI is InChI=1S/C22H20N2O2/c1-2-17-8-10-20(11-9-17)23-21(25)16-24-14-12-19(13-15-24)22(26)18-6-4-3-5-7-18/h3-15H,2,16H2,1H3/p+1. The Kier molecular flexibility index (Phi) is 5.54. The summed E-state index contributed by atoms with van der Waals surface area (Å²) in [5, 5.41) is 2.88. The van der Waals surface area contributed by atoms with E-state index in [4.69, 9.17) is 0 Å². The van der Waals surface area contributed by atoms with E-state index in [9.17, 15) is 9.59 Å². The highest BCUT2D eigenvalue weighted by molar-refractivity contribution is 6.08. The lowest BCUT2D eigenvalue weighted by Crippen LogP contribution is -2.39. The van der Waals surface area contributed by atoms with E-state index in [0.717, 1.165) is 12.1 Å². The number of aryl methyl sites for hydroxylation is 1. The van der Waals surface area contributed by atoms with Gasteiger partial charge in [-0.15, -0.1) is 0 Å². The molecule has 4 nitrogen and oxygen atoms in total. The molecular formula is C22H21N2O2+. The number of benzene rings is 2. The summed E-state index contributed by atoms with van der Waals surface area (Å²) in [6.07, 6.45) is 4.46. The van der Waals surface area contributed by atoms with E-state index < -0.39 is 0 Å². The summed E-state index contributed by atoms with van der Waals surface area (Å²) >= 11 is 0. The molecule has 0 spiro atoms. The fourth-order valence-corrected chi connectivity index (χ4v) is 2.66. The van der Waals surface area contributed by atoms with Gasteiger partial charge in [0.15, 0.2) is 18.2 Å². The minimum absolute atomic E-state index is 0.0294. The van der Waals surface area contributed by atoms with Crippen LogP contribution < -0.4 is 9.88 Å². The van der Waals surface area contributed by atoms with Gasteiger partial charge in [0, 0.05) is 28.9 Å². The Bertz CT molecular complexity index is 886. The molecule has 0 bridgehead atoms. The molecule has 130 valence electrons. The summed E-state index contributed by atoms with van der Waals surface area (Å²) in [4.78, 5) is 24.6. The van der Waals surface area contributed by atoms with Crippen LogP contribution in [-0.2, 0) is 17.8 Å². The fourth-order valence-electron chi connectivity index (χ4n) is 2.66. The number of nitrogens with zero attached hydrogens (tertiary/aromatic N) is 1. The molecule has 4 heteroatoms. The van der Waals surface area contributed by atoms with Crippen molar-refractivity contribution in [2.24, 2.45) is 0 Å². The highest BCUT2D eigenvalue weighted by atomic mass is 16.2. The largest absolute Gasteiger partial charge is 0.321 e. The lowest BCUT2D eigenvalue weighted by atomic mass is 10.0. The van der Waals surface area contributed by atoms with E-state index in [1.165, 1.54) is 5.56 Å². The Hall–Kier alpha value is -3.27. The van der Waals surface area contributed by atoms with E-state index in [1.807, 2.05) is 42.5 Å². The van der Waals surface area contributed by atoms with Crippen molar-refractivity contribution in [3.8, 4) is 0 Å². The molecule has 3 rings (SSSR count). The van der Waals surface area contributed by atoms with Crippen LogP contribution in [0, 0.1) is 0 Å². The van der Waals surface area contributed by atoms with Crippen LogP contribution in [0.2, 0.25) is 0 Å². The van der Waals surface area contributed by atoms with Crippen LogP contribution in [0.3, 0.4) is 0 Å². The zero-order valence-electron chi connectivity index (χ0n) is 14.7. The van der Waals surface area contributed by atoms with E-state index in [0.29, 0.717) is 11.1 Å². The maximum absolute atomic E-state index is 12.4. The van der Waals surface area contributed by atoms with Gasteiger partial charge in [-0.2, -0.15) is 4.57 Å². The molecule has 1 aromatic heterocycles. The molecule has 0 aliphatic heterocycles. The number of carbonyl (C=O) groups excluding carboxylic acids is 2. The molecule has 0 atom stereocenters. The topological polar surface area (TPSA) is 50.1 Å². The monoisotopic (exact) mass is 345 g/mol. The number of ketones is 1. The first-order chi connectivity index (χ1) is 12.7. The Morgan fingerprint density at radius 1 is 0.846 bits per heavy atom. The van der Waals surface area contributed by atoms with Crippen LogP contribution in [0.15, 0.2) is 79.1 Å². The Labute approximate surface area is 153 Å². The second-order valence-corrected chi connectivity index (χ2v) is 6.05. The Morgan fingerprint density at radius 3 is 2.08 bits per heavy atom. The quantitative estimate of drug-likeness (QED) is 0.550. The molecule has 0 saturated carbocycles. The smallest absolute Gasteiger partial charge is 0.290 e. The molecule has 0 unspecified atom stereocenters. The molecule has 26 heavy (non-hydrogen) atoms. The van der Waals surface area contributed by atoms with Crippen molar-refractivity contribution in [3.63, 3.8) is 0 Å². The minimum atomic E-state index is -0.110. The summed E-state index contributed by atoms with van der Waals surface area (Å²) in [5.74, 6) is -0.139. The number of amides is 1. The average Bonchev–Trinajstić information content (AvgIpc) is 2.69. The van der Waals surface area contributed by atoms with Crippen LogP contribution in [0.5, 0.6) is 0 Å². The van der Waals surface area contributed by atoms with Crippen molar-refractivity contribution >= 4 is 17.4 Å². The Balaban J connectivity index is 1.61. The number of carbonyl (C=O) groups is 2. The van der Waals surface area contributed by atoms with Gasteiger partial charge in [0.25, 0.3) is 5.91 Å². The number of pyridine rings is 1. The van der Waals surface area contributed by atoms with Gasteiger partial charge >= 0.3 is 0 Å². The highest BCUT2D eigenvalue weighted by Crippen LogP contribution is 2.10. The van der Waals surface area contributed by atoms with E-state index in [1.54, 1.807) is 41.2 Å². The van der Waals surface area contributed by atoms with Crippen LogP contribution in [-0.4, -0.2) is 11.7 Å². The Morgan fingerprint density at radius 2 is 1.46 bits per heavy atom. The van der Waals surface area contributed by atoms with Crippen LogP contribution in [0.25, 0.3) is 0 Å². The normalized spacial score (nSPS) is 10.3. The fraction of sp³-hybridized carbons (Fsp3) is 0.136. The number of anilines is 1. The maximum Gasteiger partial charge on any atom is 0.290 e. The molecule has 3 aromatic rings. The lowest BCUT2D eigenvalue weighted by Gasteiger charge is -2.04. The van der Waals surface area contributed by atoms with Crippen LogP contribution >= 0.6 is 0 Å². The summed E-state index contributed by atoms with van der Waals surface area (Å²) < 4.78 is 1.75. The van der Waals surface area contributed by atoms with Gasteiger partial charge in [0.1, 0.15) is 0 Å². The zero-order valence-corrected chi connectivity index (χ0v) is 14.7. The third-order valence-corrected chi connectivity index (χ3v) is 4.16. The maximum atomic E-state index is 12.4. The van der Waals surface area contributed by atoms with E-state index in [-0.39, 0.29) is 18.2 Å². The molecular weight excluding hydrogens is 324 g/mol. The third kappa shape index (κ3) is 4.42. The summed E-state index contributed by atoms with van der Waals surface area (Å²) in [7, 11) is 0. The first-order valence-electron chi connectivity index (χ1n) is 8.63. The summed E-state index contributed by atoms with van der Waals surface area (Å²) in [6, 6.07) is 20.4. The van der Waals surface area contributed by atoms with Gasteiger partial charge in [-0.3, -0.25) is 9.59 Å². The van der Waals surface area contributed by atoms with Crippen molar-refractivity contribution in [2.75, 3.05) is 5.32 Å². The number of aromatic nitrogens is 1. The predicted octanol–water partition coefficient (Wildman–Crippen LogP) is 3.41. The first-order valence-corrected chi connectivity index (χ1v) is 8.63. The number of hydrogen-bond donors (Lipinski definition) is 1. The average molecular weight is 345 g/mol. The number of hydrogen-bond acceptors (Lipinski definition) is 2. The van der Waals surface area contributed by atoms with Crippen molar-refractivity contribution in [1.29, 1.82) is 0 Å². The minimum Gasteiger partial charge on any atom is -0.321 e. The van der Waals surface area contributed by atoms with E-state index in [2.05, 4.69) is 12.2 Å². The lowest BCUT2D eigenvalue weighted by molar-refractivity contribution is -0.684. The first kappa shape index (κ1) is 17.5. The van der Waals surface area contributed by atoms with E-state index >= 15 is 0 Å². The molecule has 0 aliphatic carbocycles. The zero-order chi connectivity index (χ0) is 18.4. The third-order valence-electron chi connectivity index (χ3n) is 4.16. The van der Waals surface area contributed by atoms with Crippen molar-refractivity contribution in [3.05, 3.63) is 95.8 Å². The summed E-state index contributed by atoms with van der Waals surface area (Å²) in [5.41, 5.74) is 3.27. The number of nitrogens with one attached hydrogen (secondary N) is 1. The van der Waals surface area contributed by atoms with Gasteiger partial charge in [-0.1, -0.05) is 49.4 Å². The SMILES string of the molecule is CCc1ccc(NC(=O)C[n+]2ccc(C(=O)c3ccccc3)cc2)cc1. The van der Waals surface area contributed by atoms with Crippen LogP contribution in [0.4, 0.5) is 5.69 Å². The molecule has 1 amide bonds. The molecule has 1 N–H and O–H groups in total. The van der Waals surface area contributed by atoms with Crippen LogP contribution in [0.1, 0.15) is 28.4 Å².